The molecule has 0 unspecified atom stereocenters. The summed E-state index contributed by atoms with van der Waals surface area (Å²) in [5, 5.41) is 0. The summed E-state index contributed by atoms with van der Waals surface area (Å²) in [5.41, 5.74) is 1.73. The Hall–Kier alpha value is -2.50. The SMILES string of the molecule is COc1ccc(C(C)=O)cc1-c1ccc(OC(F)(F)F)cc1. The minimum absolute atomic E-state index is 0.110. The van der Waals surface area contributed by atoms with Gasteiger partial charge in [0.05, 0.1) is 7.11 Å². The number of rotatable bonds is 4. The van der Waals surface area contributed by atoms with Crippen LogP contribution in [0.5, 0.6) is 11.5 Å². The van der Waals surface area contributed by atoms with Gasteiger partial charge in [-0.2, -0.15) is 0 Å². The third-order valence-corrected chi connectivity index (χ3v) is 3.00. The lowest BCUT2D eigenvalue weighted by molar-refractivity contribution is -0.274. The molecular formula is C16H13F3O3. The fraction of sp³-hybridized carbons (Fsp3) is 0.188. The summed E-state index contributed by atoms with van der Waals surface area (Å²) in [4.78, 5) is 11.5. The number of alkyl halides is 3. The molecule has 0 aliphatic heterocycles. The van der Waals surface area contributed by atoms with Crippen LogP contribution in [0, 0.1) is 0 Å². The molecule has 0 bridgehead atoms. The molecule has 0 N–H and O–H groups in total. The topological polar surface area (TPSA) is 35.5 Å². The van der Waals surface area contributed by atoms with Crippen molar-refractivity contribution in [2.45, 2.75) is 13.3 Å². The molecule has 3 nitrogen and oxygen atoms in total. The van der Waals surface area contributed by atoms with Crippen molar-refractivity contribution in [2.24, 2.45) is 0 Å². The minimum Gasteiger partial charge on any atom is -0.496 e. The Morgan fingerprint density at radius 1 is 1.05 bits per heavy atom. The van der Waals surface area contributed by atoms with Crippen LogP contribution in [0.1, 0.15) is 17.3 Å². The highest BCUT2D eigenvalue weighted by Crippen LogP contribution is 2.33. The van der Waals surface area contributed by atoms with Crippen LogP contribution in [0.2, 0.25) is 0 Å². The lowest BCUT2D eigenvalue weighted by Gasteiger charge is -2.12. The zero-order valence-corrected chi connectivity index (χ0v) is 11.9. The van der Waals surface area contributed by atoms with Crippen molar-refractivity contribution >= 4 is 5.78 Å². The van der Waals surface area contributed by atoms with Crippen molar-refractivity contribution in [1.82, 2.24) is 0 Å². The molecule has 0 atom stereocenters. The van der Waals surface area contributed by atoms with Crippen molar-refractivity contribution in [3.63, 3.8) is 0 Å². The molecule has 6 heteroatoms. The van der Waals surface area contributed by atoms with Crippen LogP contribution < -0.4 is 9.47 Å². The smallest absolute Gasteiger partial charge is 0.496 e. The van der Waals surface area contributed by atoms with E-state index in [4.69, 9.17) is 4.74 Å². The Morgan fingerprint density at radius 2 is 1.68 bits per heavy atom. The molecule has 0 aliphatic rings. The predicted molar refractivity (Wildman–Crippen MR) is 75.1 cm³/mol. The summed E-state index contributed by atoms with van der Waals surface area (Å²) in [7, 11) is 1.48. The molecule has 0 spiro atoms. The van der Waals surface area contributed by atoms with Crippen LogP contribution in [0.4, 0.5) is 13.2 Å². The van der Waals surface area contributed by atoms with Crippen molar-refractivity contribution in [2.75, 3.05) is 7.11 Å². The first-order chi connectivity index (χ1) is 10.3. The molecule has 2 aromatic carbocycles. The molecule has 0 fully saturated rings. The van der Waals surface area contributed by atoms with Crippen molar-refractivity contribution in [3.05, 3.63) is 48.0 Å². The lowest BCUT2D eigenvalue weighted by Crippen LogP contribution is -2.16. The molecule has 0 heterocycles. The Balaban J connectivity index is 2.38. The van der Waals surface area contributed by atoms with Crippen LogP contribution in [0.3, 0.4) is 0 Å². The van der Waals surface area contributed by atoms with E-state index < -0.39 is 6.36 Å². The highest BCUT2D eigenvalue weighted by atomic mass is 19.4. The van der Waals surface area contributed by atoms with Gasteiger partial charge in [0.25, 0.3) is 0 Å². The Labute approximate surface area is 125 Å². The van der Waals surface area contributed by atoms with Gasteiger partial charge in [-0.3, -0.25) is 4.79 Å². The highest BCUT2D eigenvalue weighted by molar-refractivity contribution is 5.96. The van der Waals surface area contributed by atoms with Crippen LogP contribution in [0.15, 0.2) is 42.5 Å². The Morgan fingerprint density at radius 3 is 2.18 bits per heavy atom. The Bertz CT molecular complexity index is 676. The molecule has 116 valence electrons. The number of carbonyl (C=O) groups is 1. The molecule has 22 heavy (non-hydrogen) atoms. The number of ketones is 1. The maximum Gasteiger partial charge on any atom is 0.573 e. The van der Waals surface area contributed by atoms with E-state index in [1.165, 1.54) is 38.3 Å². The van der Waals surface area contributed by atoms with E-state index in [1.54, 1.807) is 18.2 Å². The quantitative estimate of drug-likeness (QED) is 0.782. The van der Waals surface area contributed by atoms with Gasteiger partial charge in [0.2, 0.25) is 0 Å². The molecule has 0 aliphatic carbocycles. The highest BCUT2D eigenvalue weighted by Gasteiger charge is 2.31. The van der Waals surface area contributed by atoms with Crippen LogP contribution in [-0.4, -0.2) is 19.3 Å². The van der Waals surface area contributed by atoms with Gasteiger partial charge in [0.15, 0.2) is 5.78 Å². The number of carbonyl (C=O) groups excluding carboxylic acids is 1. The van der Waals surface area contributed by atoms with Crippen LogP contribution in [-0.2, 0) is 0 Å². The summed E-state index contributed by atoms with van der Waals surface area (Å²) >= 11 is 0. The van der Waals surface area contributed by atoms with Gasteiger partial charge in [-0.25, -0.2) is 0 Å². The second-order valence-corrected chi connectivity index (χ2v) is 4.54. The summed E-state index contributed by atoms with van der Waals surface area (Å²) in [5.74, 6) is 0.105. The van der Waals surface area contributed by atoms with Gasteiger partial charge < -0.3 is 9.47 Å². The number of methoxy groups -OCH3 is 1. The largest absolute Gasteiger partial charge is 0.573 e. The third kappa shape index (κ3) is 3.78. The van der Waals surface area contributed by atoms with E-state index in [1.807, 2.05) is 0 Å². The maximum atomic E-state index is 12.1. The summed E-state index contributed by atoms with van der Waals surface area (Å²) in [6, 6.07) is 10.3. The number of benzene rings is 2. The predicted octanol–water partition coefficient (Wildman–Crippen LogP) is 4.46. The molecule has 0 amide bonds. The van der Waals surface area contributed by atoms with Gasteiger partial charge >= 0.3 is 6.36 Å². The standard InChI is InChI=1S/C16H13F3O3/c1-10(20)12-5-8-15(21-2)14(9-12)11-3-6-13(7-4-11)22-16(17,18)19/h3-9H,1-2H3. The fourth-order valence-corrected chi connectivity index (χ4v) is 1.99. The number of hydrogen-bond donors (Lipinski definition) is 0. The first kappa shape index (κ1) is 15.9. The molecule has 0 saturated carbocycles. The van der Waals surface area contributed by atoms with Crippen molar-refractivity contribution < 1.29 is 27.4 Å². The summed E-state index contributed by atoms with van der Waals surface area (Å²) in [6.07, 6.45) is -4.73. The fourth-order valence-electron chi connectivity index (χ4n) is 1.99. The normalized spacial score (nSPS) is 11.1. The summed E-state index contributed by atoms with van der Waals surface area (Å²) in [6.45, 7) is 1.44. The van der Waals surface area contributed by atoms with Gasteiger partial charge in [0, 0.05) is 11.1 Å². The van der Waals surface area contributed by atoms with Crippen LogP contribution >= 0.6 is 0 Å². The van der Waals surface area contributed by atoms with Gasteiger partial charge in [-0.15, -0.1) is 13.2 Å². The summed E-state index contributed by atoms with van der Waals surface area (Å²) < 4.78 is 45.5. The zero-order valence-electron chi connectivity index (χ0n) is 11.9. The second kappa shape index (κ2) is 6.09. The van der Waals surface area contributed by atoms with Gasteiger partial charge in [-0.05, 0) is 42.8 Å². The zero-order chi connectivity index (χ0) is 16.3. The molecule has 2 rings (SSSR count). The van der Waals surface area contributed by atoms with E-state index in [-0.39, 0.29) is 11.5 Å². The second-order valence-electron chi connectivity index (χ2n) is 4.54. The van der Waals surface area contributed by atoms with Gasteiger partial charge in [-0.1, -0.05) is 12.1 Å². The first-order valence-electron chi connectivity index (χ1n) is 6.35. The first-order valence-corrected chi connectivity index (χ1v) is 6.35. The van der Waals surface area contributed by atoms with E-state index in [2.05, 4.69) is 4.74 Å². The monoisotopic (exact) mass is 310 g/mol. The number of hydrogen-bond acceptors (Lipinski definition) is 3. The van der Waals surface area contributed by atoms with E-state index in [9.17, 15) is 18.0 Å². The Kier molecular flexibility index (Phi) is 4.40. The molecular weight excluding hydrogens is 297 g/mol. The number of ether oxygens (including phenoxy) is 2. The number of Topliss-reactive ketones (excluding diaryl/α,β-unsaturated/α-hetero) is 1. The third-order valence-electron chi connectivity index (χ3n) is 3.00. The lowest BCUT2D eigenvalue weighted by atomic mass is 10.0. The molecule has 2 aromatic rings. The average Bonchev–Trinajstić information content (AvgIpc) is 2.45. The minimum atomic E-state index is -4.73. The number of halogens is 3. The van der Waals surface area contributed by atoms with Crippen LogP contribution in [0.25, 0.3) is 11.1 Å². The van der Waals surface area contributed by atoms with E-state index >= 15 is 0 Å². The van der Waals surface area contributed by atoms with Gasteiger partial charge in [0.1, 0.15) is 11.5 Å². The maximum absolute atomic E-state index is 12.1. The van der Waals surface area contributed by atoms with E-state index in [0.29, 0.717) is 22.4 Å². The average molecular weight is 310 g/mol. The van der Waals surface area contributed by atoms with Crippen molar-refractivity contribution in [3.8, 4) is 22.6 Å². The molecule has 0 radical (unpaired) electrons. The van der Waals surface area contributed by atoms with E-state index in [0.717, 1.165) is 0 Å². The van der Waals surface area contributed by atoms with Crippen molar-refractivity contribution in [1.29, 1.82) is 0 Å². The molecule has 0 aromatic heterocycles. The molecule has 0 saturated heterocycles.